The second kappa shape index (κ2) is 10.6. The van der Waals surface area contributed by atoms with Crippen LogP contribution in [0.2, 0.25) is 0 Å². The highest BCUT2D eigenvalue weighted by atomic mass is 17.2. The van der Waals surface area contributed by atoms with Crippen molar-refractivity contribution in [1.82, 2.24) is 0 Å². The van der Waals surface area contributed by atoms with Crippen LogP contribution in [-0.4, -0.2) is 36.0 Å². The molecule has 136 valence electrons. The molecule has 0 radical (unpaired) electrons. The SMILES string of the molecule is C[C@H]1OC(=O)/C(=C/CCCCCCCCCC2C=CCOO2)[C@@H]1O. The summed E-state index contributed by atoms with van der Waals surface area (Å²) in [5.41, 5.74) is 0.436. The Balaban J connectivity index is 1.42. The van der Waals surface area contributed by atoms with Crippen molar-refractivity contribution in [1.29, 1.82) is 0 Å². The first-order valence-electron chi connectivity index (χ1n) is 9.22. The largest absolute Gasteiger partial charge is 0.456 e. The predicted octanol–water partition coefficient (Wildman–Crippen LogP) is 3.62. The van der Waals surface area contributed by atoms with Crippen LogP contribution < -0.4 is 0 Å². The van der Waals surface area contributed by atoms with Crippen LogP contribution in [0.3, 0.4) is 0 Å². The summed E-state index contributed by atoms with van der Waals surface area (Å²) in [5.74, 6) is -0.364. The Morgan fingerprint density at radius 3 is 2.50 bits per heavy atom. The zero-order chi connectivity index (χ0) is 17.2. The molecule has 1 N–H and O–H groups in total. The molecule has 0 aromatic heterocycles. The van der Waals surface area contributed by atoms with E-state index in [4.69, 9.17) is 14.5 Å². The first kappa shape index (κ1) is 19.2. The molecule has 2 aliphatic heterocycles. The molecule has 1 fully saturated rings. The molecule has 2 rings (SSSR count). The van der Waals surface area contributed by atoms with Gasteiger partial charge in [-0.2, -0.15) is 0 Å². The van der Waals surface area contributed by atoms with Gasteiger partial charge >= 0.3 is 5.97 Å². The number of allylic oxidation sites excluding steroid dienone is 1. The molecule has 0 bridgehead atoms. The number of hydrogen-bond donors (Lipinski definition) is 1. The molecule has 5 heteroatoms. The molecule has 1 saturated heterocycles. The van der Waals surface area contributed by atoms with Crippen molar-refractivity contribution in [3.05, 3.63) is 23.8 Å². The summed E-state index contributed by atoms with van der Waals surface area (Å²) in [5, 5.41) is 9.81. The molecule has 0 amide bonds. The van der Waals surface area contributed by atoms with E-state index < -0.39 is 12.2 Å². The smallest absolute Gasteiger partial charge is 0.336 e. The number of unbranched alkanes of at least 4 members (excludes halogenated alkanes) is 7. The number of hydrogen-bond acceptors (Lipinski definition) is 5. The highest BCUT2D eigenvalue weighted by Crippen LogP contribution is 2.22. The van der Waals surface area contributed by atoms with Gasteiger partial charge in [-0.3, -0.25) is 0 Å². The summed E-state index contributed by atoms with van der Waals surface area (Å²) in [6, 6.07) is 0. The second-order valence-corrected chi connectivity index (χ2v) is 6.61. The van der Waals surface area contributed by atoms with Crippen LogP contribution in [0.1, 0.15) is 64.7 Å². The lowest BCUT2D eigenvalue weighted by molar-refractivity contribution is -0.313. The van der Waals surface area contributed by atoms with Crippen LogP contribution in [0.4, 0.5) is 0 Å². The maximum atomic E-state index is 11.5. The average Bonchev–Trinajstić information content (AvgIpc) is 2.83. The van der Waals surface area contributed by atoms with Crippen molar-refractivity contribution in [2.45, 2.75) is 83.0 Å². The number of ether oxygens (including phenoxy) is 1. The highest BCUT2D eigenvalue weighted by Gasteiger charge is 2.34. The molecular weight excluding hydrogens is 308 g/mol. The van der Waals surface area contributed by atoms with E-state index in [0.29, 0.717) is 12.2 Å². The summed E-state index contributed by atoms with van der Waals surface area (Å²) < 4.78 is 4.98. The fraction of sp³-hybridized carbons (Fsp3) is 0.737. The molecule has 3 atom stereocenters. The third kappa shape index (κ3) is 6.38. The summed E-state index contributed by atoms with van der Waals surface area (Å²) in [7, 11) is 0. The summed E-state index contributed by atoms with van der Waals surface area (Å²) in [6.07, 6.45) is 15.1. The van der Waals surface area contributed by atoms with Gasteiger partial charge in [-0.05, 0) is 26.2 Å². The minimum Gasteiger partial charge on any atom is -0.456 e. The van der Waals surface area contributed by atoms with Gasteiger partial charge in [-0.25, -0.2) is 14.6 Å². The molecule has 5 nitrogen and oxygen atoms in total. The molecule has 1 unspecified atom stereocenters. The van der Waals surface area contributed by atoms with Crippen molar-refractivity contribution in [2.75, 3.05) is 6.61 Å². The van der Waals surface area contributed by atoms with Crippen molar-refractivity contribution in [2.24, 2.45) is 0 Å². The molecule has 0 aliphatic carbocycles. The number of carbonyl (C=O) groups excluding carboxylic acids is 1. The Morgan fingerprint density at radius 2 is 1.88 bits per heavy atom. The van der Waals surface area contributed by atoms with Crippen LogP contribution in [0.25, 0.3) is 0 Å². The predicted molar refractivity (Wildman–Crippen MR) is 91.2 cm³/mol. The minimum atomic E-state index is -0.758. The Kier molecular flexibility index (Phi) is 8.50. The fourth-order valence-electron chi connectivity index (χ4n) is 3.06. The second-order valence-electron chi connectivity index (χ2n) is 6.61. The lowest BCUT2D eigenvalue weighted by atomic mass is 10.0. The van der Waals surface area contributed by atoms with E-state index in [1.54, 1.807) is 6.92 Å². The van der Waals surface area contributed by atoms with Crippen molar-refractivity contribution in [3.8, 4) is 0 Å². The first-order chi connectivity index (χ1) is 11.7. The minimum absolute atomic E-state index is 0.132. The molecular formula is C19H30O5. The molecule has 2 heterocycles. The molecule has 0 aromatic rings. The van der Waals surface area contributed by atoms with Gasteiger partial charge in [0, 0.05) is 0 Å². The molecule has 0 spiro atoms. The summed E-state index contributed by atoms with van der Waals surface area (Å²) in [4.78, 5) is 21.6. The monoisotopic (exact) mass is 338 g/mol. The Morgan fingerprint density at radius 1 is 1.17 bits per heavy atom. The zero-order valence-electron chi connectivity index (χ0n) is 14.6. The Labute approximate surface area is 144 Å². The van der Waals surface area contributed by atoms with Crippen molar-refractivity contribution in [3.63, 3.8) is 0 Å². The molecule has 0 aromatic carbocycles. The van der Waals surface area contributed by atoms with E-state index in [-0.39, 0.29) is 12.1 Å². The quantitative estimate of drug-likeness (QED) is 0.217. The number of carbonyl (C=O) groups is 1. The fourth-order valence-corrected chi connectivity index (χ4v) is 3.06. The van der Waals surface area contributed by atoms with Crippen LogP contribution >= 0.6 is 0 Å². The van der Waals surface area contributed by atoms with Crippen molar-refractivity contribution >= 4 is 5.97 Å². The summed E-state index contributed by atoms with van der Waals surface area (Å²) in [6.45, 7) is 2.28. The number of aliphatic hydroxyl groups is 1. The normalized spacial score (nSPS) is 28.5. The highest BCUT2D eigenvalue weighted by molar-refractivity contribution is 5.92. The average molecular weight is 338 g/mol. The van der Waals surface area contributed by atoms with Crippen LogP contribution in [0.5, 0.6) is 0 Å². The Hall–Kier alpha value is -1.17. The van der Waals surface area contributed by atoms with Gasteiger partial charge in [0.25, 0.3) is 0 Å². The molecule has 0 saturated carbocycles. The third-order valence-corrected chi connectivity index (χ3v) is 4.56. The van der Waals surface area contributed by atoms with E-state index in [1.807, 2.05) is 12.2 Å². The van der Waals surface area contributed by atoms with E-state index >= 15 is 0 Å². The molecule has 2 aliphatic rings. The number of aliphatic hydroxyl groups excluding tert-OH is 1. The lowest BCUT2D eigenvalue weighted by Gasteiger charge is -2.15. The number of esters is 1. The van der Waals surface area contributed by atoms with Gasteiger partial charge in [-0.1, -0.05) is 56.8 Å². The van der Waals surface area contributed by atoms with Gasteiger partial charge in [0.15, 0.2) is 0 Å². The maximum Gasteiger partial charge on any atom is 0.336 e. The van der Waals surface area contributed by atoms with E-state index in [9.17, 15) is 9.90 Å². The topological polar surface area (TPSA) is 65.0 Å². The standard InChI is InChI=1S/C19H30O5/c1-15-18(20)17(19(21)23-15)13-9-7-5-3-2-4-6-8-11-16-12-10-14-22-24-16/h10,12-13,15-16,18,20H,2-9,11,14H2,1H3/b17-13+/t15-,16?,18-/m1/s1. The van der Waals surface area contributed by atoms with Crippen LogP contribution in [0.15, 0.2) is 23.8 Å². The van der Waals surface area contributed by atoms with E-state index in [1.165, 1.54) is 32.1 Å². The lowest BCUT2D eigenvalue weighted by Crippen LogP contribution is -2.17. The number of cyclic esters (lactones) is 1. The van der Waals surface area contributed by atoms with E-state index in [0.717, 1.165) is 25.7 Å². The number of rotatable bonds is 10. The maximum absolute atomic E-state index is 11.5. The van der Waals surface area contributed by atoms with Crippen LogP contribution in [-0.2, 0) is 19.3 Å². The molecule has 24 heavy (non-hydrogen) atoms. The first-order valence-corrected chi connectivity index (χ1v) is 9.22. The Bertz CT molecular complexity index is 443. The van der Waals surface area contributed by atoms with Gasteiger partial charge in [-0.15, -0.1) is 0 Å². The third-order valence-electron chi connectivity index (χ3n) is 4.56. The summed E-state index contributed by atoms with van der Waals surface area (Å²) >= 11 is 0. The zero-order valence-corrected chi connectivity index (χ0v) is 14.6. The van der Waals surface area contributed by atoms with Gasteiger partial charge < -0.3 is 9.84 Å². The van der Waals surface area contributed by atoms with Crippen LogP contribution in [0, 0.1) is 0 Å². The van der Waals surface area contributed by atoms with Crippen molar-refractivity contribution < 1.29 is 24.4 Å². The van der Waals surface area contributed by atoms with Gasteiger partial charge in [0.1, 0.15) is 24.9 Å². The van der Waals surface area contributed by atoms with E-state index in [2.05, 4.69) is 6.08 Å². The van der Waals surface area contributed by atoms with Gasteiger partial charge in [0.05, 0.1) is 5.57 Å². The van der Waals surface area contributed by atoms with Gasteiger partial charge in [0.2, 0.25) is 0 Å².